The Labute approximate surface area is 174 Å². The maximum absolute atomic E-state index is 12.8. The van der Waals surface area contributed by atoms with Gasteiger partial charge in [0, 0.05) is 10.5 Å². The largest absolute Gasteiger partial charge is 0.501 e. The van der Waals surface area contributed by atoms with E-state index < -0.39 is 39.8 Å². The Balaban J connectivity index is 2.07. The molecule has 142 valence electrons. The summed E-state index contributed by atoms with van der Waals surface area (Å²) in [6.07, 6.45) is 1.10. The molecule has 9 nitrogen and oxygen atoms in total. The summed E-state index contributed by atoms with van der Waals surface area (Å²) < 4.78 is 0.743. The van der Waals surface area contributed by atoms with E-state index in [0.717, 1.165) is 21.5 Å². The number of nitrogens with one attached hydrogen (secondary N) is 1. The van der Waals surface area contributed by atoms with Crippen LogP contribution in [0.1, 0.15) is 5.56 Å². The van der Waals surface area contributed by atoms with Gasteiger partial charge in [-0.05, 0) is 57.9 Å². The summed E-state index contributed by atoms with van der Waals surface area (Å²) in [5, 5.41) is 22.9. The normalized spacial score (nSPS) is 15.7. The van der Waals surface area contributed by atoms with Crippen molar-refractivity contribution in [1.82, 2.24) is 5.32 Å². The number of rotatable bonds is 3. The summed E-state index contributed by atoms with van der Waals surface area (Å²) in [5.41, 5.74) is -0.651. The maximum Gasteiger partial charge on any atom is 0.335 e. The Hall–Kier alpha value is -3.05. The zero-order chi connectivity index (χ0) is 20.6. The zero-order valence-electron chi connectivity index (χ0n) is 13.7. The summed E-state index contributed by atoms with van der Waals surface area (Å²) in [5.74, 6) is -2.41. The Bertz CT molecular complexity index is 1070. The van der Waals surface area contributed by atoms with Gasteiger partial charge in [-0.3, -0.25) is 25.0 Å². The number of nitro benzene ring substituents is 1. The number of aromatic hydroxyl groups is 1. The van der Waals surface area contributed by atoms with Crippen LogP contribution in [-0.4, -0.2) is 27.9 Å². The predicted octanol–water partition coefficient (Wildman–Crippen LogP) is 3.49. The van der Waals surface area contributed by atoms with Crippen LogP contribution < -0.4 is 10.2 Å². The number of nitro groups is 1. The van der Waals surface area contributed by atoms with Crippen LogP contribution in [0.3, 0.4) is 0 Å². The molecule has 0 bridgehead atoms. The molecule has 2 aromatic carbocycles. The molecule has 0 unspecified atom stereocenters. The van der Waals surface area contributed by atoms with Gasteiger partial charge >= 0.3 is 11.7 Å². The van der Waals surface area contributed by atoms with Gasteiger partial charge in [0.25, 0.3) is 11.8 Å². The Morgan fingerprint density at radius 3 is 2.36 bits per heavy atom. The molecule has 1 aliphatic heterocycles. The fourth-order valence-electron chi connectivity index (χ4n) is 2.48. The minimum atomic E-state index is -0.935. The number of halogens is 2. The van der Waals surface area contributed by atoms with Crippen LogP contribution in [0, 0.1) is 10.1 Å². The lowest BCUT2D eigenvalue weighted by Crippen LogP contribution is -2.54. The van der Waals surface area contributed by atoms with Crippen molar-refractivity contribution in [2.24, 2.45) is 0 Å². The van der Waals surface area contributed by atoms with E-state index >= 15 is 0 Å². The highest BCUT2D eigenvalue weighted by atomic mass is 79.9. The molecular formula is C17H9Br2N3O6. The maximum atomic E-state index is 12.8. The third-order valence-electron chi connectivity index (χ3n) is 3.76. The van der Waals surface area contributed by atoms with Crippen molar-refractivity contribution in [3.05, 3.63) is 66.6 Å². The smallest absolute Gasteiger partial charge is 0.335 e. The van der Waals surface area contributed by atoms with Gasteiger partial charge in [0.1, 0.15) is 5.57 Å². The van der Waals surface area contributed by atoms with Gasteiger partial charge in [-0.25, -0.2) is 9.69 Å². The fraction of sp³-hybridized carbons (Fsp3) is 0. The third kappa shape index (κ3) is 3.66. The number of phenolic OH excluding ortho intramolecular Hbond substituents is 1. The number of imide groups is 2. The standard InChI is InChI=1S/C17H9Br2N3O6/c18-9-1-3-10(4-2-9)21-16(25)11(15(24)20-17(21)26)5-8-6-12(19)14(23)13(7-8)22(27)28/h1-7,23H,(H,20,24,26)/b11-5+. The van der Waals surface area contributed by atoms with Gasteiger partial charge in [0.05, 0.1) is 15.1 Å². The first-order valence-electron chi connectivity index (χ1n) is 7.53. The highest BCUT2D eigenvalue weighted by molar-refractivity contribution is 9.10. The van der Waals surface area contributed by atoms with E-state index in [0.29, 0.717) is 0 Å². The van der Waals surface area contributed by atoms with Crippen LogP contribution in [-0.2, 0) is 9.59 Å². The van der Waals surface area contributed by atoms with E-state index in [1.807, 2.05) is 0 Å². The quantitative estimate of drug-likeness (QED) is 0.281. The average molecular weight is 511 g/mol. The number of carbonyl (C=O) groups is 3. The van der Waals surface area contributed by atoms with E-state index in [-0.39, 0.29) is 15.7 Å². The second-order valence-electron chi connectivity index (χ2n) is 5.56. The summed E-state index contributed by atoms with van der Waals surface area (Å²) >= 11 is 6.23. The van der Waals surface area contributed by atoms with E-state index in [2.05, 4.69) is 37.2 Å². The van der Waals surface area contributed by atoms with Crippen LogP contribution >= 0.6 is 31.9 Å². The molecular weight excluding hydrogens is 502 g/mol. The van der Waals surface area contributed by atoms with Crippen molar-refractivity contribution in [3.8, 4) is 5.75 Å². The molecule has 1 saturated heterocycles. The number of carbonyl (C=O) groups excluding carboxylic acids is 3. The number of hydrogen-bond acceptors (Lipinski definition) is 6. The number of barbiturate groups is 1. The van der Waals surface area contributed by atoms with Gasteiger partial charge in [-0.1, -0.05) is 15.9 Å². The minimum Gasteiger partial charge on any atom is -0.501 e. The zero-order valence-corrected chi connectivity index (χ0v) is 16.9. The molecule has 3 rings (SSSR count). The molecule has 0 aliphatic carbocycles. The third-order valence-corrected chi connectivity index (χ3v) is 4.89. The van der Waals surface area contributed by atoms with E-state index in [9.17, 15) is 29.6 Å². The first-order chi connectivity index (χ1) is 13.2. The van der Waals surface area contributed by atoms with Crippen molar-refractivity contribution in [1.29, 1.82) is 0 Å². The Morgan fingerprint density at radius 2 is 1.75 bits per heavy atom. The van der Waals surface area contributed by atoms with Crippen LogP contribution in [0.2, 0.25) is 0 Å². The van der Waals surface area contributed by atoms with Crippen molar-refractivity contribution in [2.75, 3.05) is 4.90 Å². The molecule has 28 heavy (non-hydrogen) atoms. The fourth-order valence-corrected chi connectivity index (χ4v) is 3.21. The molecule has 0 atom stereocenters. The minimum absolute atomic E-state index is 0.0121. The monoisotopic (exact) mass is 509 g/mol. The van der Waals surface area contributed by atoms with E-state index in [1.54, 1.807) is 12.1 Å². The number of hydrogen-bond donors (Lipinski definition) is 2. The number of nitrogens with zero attached hydrogens (tertiary/aromatic N) is 2. The second kappa shape index (κ2) is 7.52. The van der Waals surface area contributed by atoms with Crippen LogP contribution in [0.15, 0.2) is 50.9 Å². The number of urea groups is 1. The van der Waals surface area contributed by atoms with E-state index in [4.69, 9.17) is 0 Å². The number of benzene rings is 2. The summed E-state index contributed by atoms with van der Waals surface area (Å²) in [7, 11) is 0. The first-order valence-corrected chi connectivity index (χ1v) is 9.11. The lowest BCUT2D eigenvalue weighted by atomic mass is 10.1. The van der Waals surface area contributed by atoms with Gasteiger partial charge in [-0.15, -0.1) is 0 Å². The topological polar surface area (TPSA) is 130 Å². The average Bonchev–Trinajstić information content (AvgIpc) is 2.62. The molecule has 2 N–H and O–H groups in total. The van der Waals surface area contributed by atoms with Crippen LogP contribution in [0.4, 0.5) is 16.2 Å². The molecule has 11 heteroatoms. The highest BCUT2D eigenvalue weighted by Crippen LogP contribution is 2.36. The molecule has 2 aromatic rings. The molecule has 0 spiro atoms. The number of amides is 4. The van der Waals surface area contributed by atoms with Gasteiger partial charge in [0.2, 0.25) is 5.75 Å². The van der Waals surface area contributed by atoms with Gasteiger partial charge in [0.15, 0.2) is 0 Å². The van der Waals surface area contributed by atoms with E-state index in [1.165, 1.54) is 18.2 Å². The lowest BCUT2D eigenvalue weighted by molar-refractivity contribution is -0.386. The Morgan fingerprint density at radius 1 is 1.11 bits per heavy atom. The SMILES string of the molecule is O=C1NC(=O)N(c2ccc(Br)cc2)C(=O)/C1=C/c1cc(Br)c(O)c([N+](=O)[O-])c1. The van der Waals surface area contributed by atoms with Crippen LogP contribution in [0.5, 0.6) is 5.75 Å². The molecule has 0 saturated carbocycles. The molecule has 0 aromatic heterocycles. The van der Waals surface area contributed by atoms with Crippen molar-refractivity contribution in [3.63, 3.8) is 0 Å². The van der Waals surface area contributed by atoms with Crippen molar-refractivity contribution >= 4 is 67.2 Å². The number of anilines is 1. The molecule has 1 fully saturated rings. The molecule has 1 aliphatic rings. The van der Waals surface area contributed by atoms with Crippen molar-refractivity contribution < 1.29 is 24.4 Å². The molecule has 1 heterocycles. The first kappa shape index (κ1) is 19.7. The number of phenols is 1. The summed E-state index contributed by atoms with van der Waals surface area (Å²) in [6, 6.07) is 7.66. The molecule has 0 radical (unpaired) electrons. The van der Waals surface area contributed by atoms with Crippen LogP contribution in [0.25, 0.3) is 6.08 Å². The van der Waals surface area contributed by atoms with Gasteiger partial charge < -0.3 is 5.11 Å². The lowest BCUT2D eigenvalue weighted by Gasteiger charge is -2.26. The summed E-state index contributed by atoms with van der Waals surface area (Å²) in [6.45, 7) is 0. The summed E-state index contributed by atoms with van der Waals surface area (Å²) in [4.78, 5) is 48.1. The second-order valence-corrected chi connectivity index (χ2v) is 7.33. The predicted molar refractivity (Wildman–Crippen MR) is 106 cm³/mol. The van der Waals surface area contributed by atoms with Gasteiger partial charge in [-0.2, -0.15) is 0 Å². The van der Waals surface area contributed by atoms with Crippen molar-refractivity contribution in [2.45, 2.75) is 0 Å². The highest BCUT2D eigenvalue weighted by Gasteiger charge is 2.37. The Kier molecular flexibility index (Phi) is 5.29. The molecule has 4 amide bonds.